The van der Waals surface area contributed by atoms with E-state index in [1.165, 1.54) is 12.8 Å². The molecule has 1 aromatic heterocycles. The highest BCUT2D eigenvalue weighted by atomic mass is 79.9. The molecular formula is C15H15BrN4. The predicted molar refractivity (Wildman–Crippen MR) is 81.6 cm³/mol. The SMILES string of the molecule is N#Cc1c(N)c(C2CCCC2)nn1-c1ccc(Br)cc1. The maximum atomic E-state index is 9.37. The van der Waals surface area contributed by atoms with Gasteiger partial charge in [-0.05, 0) is 37.1 Å². The van der Waals surface area contributed by atoms with Gasteiger partial charge < -0.3 is 5.73 Å². The van der Waals surface area contributed by atoms with Crippen molar-refractivity contribution in [1.29, 1.82) is 5.26 Å². The zero-order valence-electron chi connectivity index (χ0n) is 11.0. The third-order valence-electron chi connectivity index (χ3n) is 3.87. The van der Waals surface area contributed by atoms with Crippen LogP contribution in [0.4, 0.5) is 5.69 Å². The number of hydrogen-bond acceptors (Lipinski definition) is 3. The van der Waals surface area contributed by atoms with Gasteiger partial charge in [-0.25, -0.2) is 4.68 Å². The first-order valence-corrected chi connectivity index (χ1v) is 7.54. The van der Waals surface area contributed by atoms with Gasteiger partial charge in [0.1, 0.15) is 6.07 Å². The van der Waals surface area contributed by atoms with Gasteiger partial charge in [0.05, 0.1) is 17.1 Å². The molecule has 4 nitrogen and oxygen atoms in total. The van der Waals surface area contributed by atoms with Crippen LogP contribution >= 0.6 is 15.9 Å². The van der Waals surface area contributed by atoms with Crippen molar-refractivity contribution in [2.45, 2.75) is 31.6 Å². The van der Waals surface area contributed by atoms with E-state index in [0.29, 0.717) is 17.3 Å². The van der Waals surface area contributed by atoms with E-state index < -0.39 is 0 Å². The van der Waals surface area contributed by atoms with Crippen LogP contribution in [0.5, 0.6) is 0 Å². The first-order chi connectivity index (χ1) is 9.70. The van der Waals surface area contributed by atoms with E-state index in [1.807, 2.05) is 24.3 Å². The summed E-state index contributed by atoms with van der Waals surface area (Å²) in [5.41, 5.74) is 8.88. The summed E-state index contributed by atoms with van der Waals surface area (Å²) in [6.07, 6.45) is 4.67. The van der Waals surface area contributed by atoms with Crippen molar-refractivity contribution in [1.82, 2.24) is 9.78 Å². The van der Waals surface area contributed by atoms with Gasteiger partial charge in [0.25, 0.3) is 0 Å². The summed E-state index contributed by atoms with van der Waals surface area (Å²) in [6, 6.07) is 9.91. The highest BCUT2D eigenvalue weighted by Crippen LogP contribution is 2.37. The van der Waals surface area contributed by atoms with E-state index in [-0.39, 0.29) is 0 Å². The molecule has 1 aromatic carbocycles. The van der Waals surface area contributed by atoms with Crippen LogP contribution in [0.15, 0.2) is 28.7 Å². The molecule has 0 spiro atoms. The van der Waals surface area contributed by atoms with Crippen molar-refractivity contribution in [3.63, 3.8) is 0 Å². The number of nitrogen functional groups attached to an aromatic ring is 1. The van der Waals surface area contributed by atoms with Gasteiger partial charge in [-0.3, -0.25) is 0 Å². The monoisotopic (exact) mass is 330 g/mol. The standard InChI is InChI=1S/C15H15BrN4/c16-11-5-7-12(8-6-11)20-13(9-17)14(18)15(19-20)10-3-1-2-4-10/h5-8,10H,1-4,18H2. The molecule has 0 atom stereocenters. The third-order valence-corrected chi connectivity index (χ3v) is 4.40. The normalized spacial score (nSPS) is 15.4. The number of nitriles is 1. The number of halogens is 1. The Kier molecular flexibility index (Phi) is 3.49. The molecule has 102 valence electrons. The fourth-order valence-corrected chi connectivity index (χ4v) is 3.09. The average Bonchev–Trinajstić information content (AvgIpc) is 3.07. The highest BCUT2D eigenvalue weighted by molar-refractivity contribution is 9.10. The topological polar surface area (TPSA) is 67.6 Å². The Bertz CT molecular complexity index is 660. The lowest BCUT2D eigenvalue weighted by molar-refractivity contribution is 0.679. The predicted octanol–water partition coefficient (Wildman–Crippen LogP) is 3.75. The van der Waals surface area contributed by atoms with Crippen molar-refractivity contribution < 1.29 is 0 Å². The molecule has 0 aliphatic heterocycles. The molecule has 1 fully saturated rings. The maximum absolute atomic E-state index is 9.37. The van der Waals surface area contributed by atoms with Crippen molar-refractivity contribution in [3.8, 4) is 11.8 Å². The van der Waals surface area contributed by atoms with E-state index in [2.05, 4.69) is 27.1 Å². The molecule has 5 heteroatoms. The molecule has 0 unspecified atom stereocenters. The fraction of sp³-hybridized carbons (Fsp3) is 0.333. The van der Waals surface area contributed by atoms with E-state index in [0.717, 1.165) is 28.7 Å². The Morgan fingerprint density at radius 1 is 1.25 bits per heavy atom. The summed E-state index contributed by atoms with van der Waals surface area (Å²) in [6.45, 7) is 0. The fourth-order valence-electron chi connectivity index (χ4n) is 2.82. The molecule has 0 saturated heterocycles. The van der Waals surface area contributed by atoms with Crippen LogP contribution in [-0.4, -0.2) is 9.78 Å². The summed E-state index contributed by atoms with van der Waals surface area (Å²) in [4.78, 5) is 0. The minimum absolute atomic E-state index is 0.402. The van der Waals surface area contributed by atoms with Crippen LogP contribution in [-0.2, 0) is 0 Å². The highest BCUT2D eigenvalue weighted by Gasteiger charge is 2.25. The second kappa shape index (κ2) is 5.29. The lowest BCUT2D eigenvalue weighted by Gasteiger charge is -2.05. The molecule has 20 heavy (non-hydrogen) atoms. The molecule has 2 N–H and O–H groups in total. The number of hydrogen-bond donors (Lipinski definition) is 1. The van der Waals surface area contributed by atoms with E-state index >= 15 is 0 Å². The molecule has 1 aliphatic carbocycles. The van der Waals surface area contributed by atoms with Gasteiger partial charge in [-0.15, -0.1) is 0 Å². The second-order valence-corrected chi connectivity index (χ2v) is 6.04. The number of nitrogens with two attached hydrogens (primary N) is 1. The summed E-state index contributed by atoms with van der Waals surface area (Å²) >= 11 is 3.41. The Hall–Kier alpha value is -1.80. The van der Waals surface area contributed by atoms with E-state index in [4.69, 9.17) is 5.73 Å². The molecular weight excluding hydrogens is 316 g/mol. The lowest BCUT2D eigenvalue weighted by Crippen LogP contribution is -2.01. The largest absolute Gasteiger partial charge is 0.395 e. The van der Waals surface area contributed by atoms with Crippen molar-refractivity contribution >= 4 is 21.6 Å². The Labute approximate surface area is 126 Å². The van der Waals surface area contributed by atoms with E-state index in [9.17, 15) is 5.26 Å². The lowest BCUT2D eigenvalue weighted by atomic mass is 10.0. The summed E-state index contributed by atoms with van der Waals surface area (Å²) in [7, 11) is 0. The van der Waals surface area contributed by atoms with Crippen LogP contribution in [0.1, 0.15) is 43.0 Å². The van der Waals surface area contributed by atoms with Crippen LogP contribution in [0.25, 0.3) is 5.69 Å². The minimum Gasteiger partial charge on any atom is -0.395 e. The third kappa shape index (κ3) is 2.20. The number of nitrogens with zero attached hydrogens (tertiary/aromatic N) is 3. The Balaban J connectivity index is 2.09. The molecule has 0 radical (unpaired) electrons. The van der Waals surface area contributed by atoms with Gasteiger partial charge in [-0.1, -0.05) is 28.8 Å². The quantitative estimate of drug-likeness (QED) is 0.911. The minimum atomic E-state index is 0.402. The van der Waals surface area contributed by atoms with Crippen molar-refractivity contribution in [2.24, 2.45) is 0 Å². The van der Waals surface area contributed by atoms with Gasteiger partial charge in [0.15, 0.2) is 5.69 Å². The number of rotatable bonds is 2. The second-order valence-electron chi connectivity index (χ2n) is 5.13. The number of anilines is 1. The molecule has 0 amide bonds. The summed E-state index contributed by atoms with van der Waals surface area (Å²) < 4.78 is 2.66. The maximum Gasteiger partial charge on any atom is 0.167 e. The smallest absolute Gasteiger partial charge is 0.167 e. The van der Waals surface area contributed by atoms with Crippen LogP contribution in [0, 0.1) is 11.3 Å². The molecule has 1 heterocycles. The zero-order chi connectivity index (χ0) is 14.1. The van der Waals surface area contributed by atoms with Gasteiger partial charge in [0.2, 0.25) is 0 Å². The first-order valence-electron chi connectivity index (χ1n) is 6.75. The molecule has 3 rings (SSSR count). The first kappa shape index (κ1) is 13.2. The summed E-state index contributed by atoms with van der Waals surface area (Å²) in [5.74, 6) is 0.402. The van der Waals surface area contributed by atoms with Crippen molar-refractivity contribution in [2.75, 3.05) is 5.73 Å². The molecule has 1 aliphatic rings. The van der Waals surface area contributed by atoms with Gasteiger partial charge in [-0.2, -0.15) is 10.4 Å². The number of aromatic nitrogens is 2. The van der Waals surface area contributed by atoms with Gasteiger partial charge in [0, 0.05) is 10.4 Å². The molecule has 1 saturated carbocycles. The Morgan fingerprint density at radius 2 is 1.90 bits per heavy atom. The number of benzene rings is 1. The molecule has 0 bridgehead atoms. The van der Waals surface area contributed by atoms with Crippen LogP contribution in [0.3, 0.4) is 0 Å². The van der Waals surface area contributed by atoms with Crippen molar-refractivity contribution in [3.05, 3.63) is 40.1 Å². The zero-order valence-corrected chi connectivity index (χ0v) is 12.6. The van der Waals surface area contributed by atoms with Crippen LogP contribution in [0.2, 0.25) is 0 Å². The van der Waals surface area contributed by atoms with Crippen LogP contribution < -0.4 is 5.73 Å². The average molecular weight is 331 g/mol. The summed E-state index contributed by atoms with van der Waals surface area (Å²) in [5, 5.41) is 14.0. The Morgan fingerprint density at radius 3 is 2.50 bits per heavy atom. The van der Waals surface area contributed by atoms with E-state index in [1.54, 1.807) is 4.68 Å². The molecule has 2 aromatic rings. The van der Waals surface area contributed by atoms with Gasteiger partial charge >= 0.3 is 0 Å².